The third kappa shape index (κ3) is 5.57. The zero-order valence-corrected chi connectivity index (χ0v) is 20.0. The van der Waals surface area contributed by atoms with Gasteiger partial charge in [-0.2, -0.15) is 0 Å². The molecule has 5 nitrogen and oxygen atoms in total. The van der Waals surface area contributed by atoms with Gasteiger partial charge in [-0.05, 0) is 60.1 Å². The van der Waals surface area contributed by atoms with Crippen LogP contribution in [0.3, 0.4) is 0 Å². The van der Waals surface area contributed by atoms with Gasteiger partial charge in [-0.3, -0.25) is 9.78 Å². The molecule has 0 saturated carbocycles. The second-order valence-electron chi connectivity index (χ2n) is 10.0. The van der Waals surface area contributed by atoms with E-state index in [4.69, 9.17) is 9.47 Å². The molecule has 1 aliphatic rings. The Bertz CT molecular complexity index is 931. The zero-order valence-electron chi connectivity index (χ0n) is 20.0. The Morgan fingerprint density at radius 1 is 1.23 bits per heavy atom. The van der Waals surface area contributed by atoms with Crippen molar-refractivity contribution < 1.29 is 14.3 Å². The molecule has 31 heavy (non-hydrogen) atoms. The lowest BCUT2D eigenvalue weighted by molar-refractivity contribution is -0.137. The van der Waals surface area contributed by atoms with Crippen LogP contribution in [0.15, 0.2) is 30.3 Å². The molecule has 0 fully saturated rings. The van der Waals surface area contributed by atoms with Crippen molar-refractivity contribution in [2.75, 3.05) is 13.7 Å². The SMILES string of the molecule is COc1ccc(C)nc1COc1ccc2c(c1)CCN(C(=O)CC(C)(C)C)[C@@H]2C(C)C. The fourth-order valence-corrected chi connectivity index (χ4v) is 4.32. The van der Waals surface area contributed by atoms with E-state index in [-0.39, 0.29) is 17.4 Å². The fraction of sp³-hybridized carbons (Fsp3) is 0.538. The van der Waals surface area contributed by atoms with Gasteiger partial charge in [0, 0.05) is 18.7 Å². The molecule has 1 aliphatic heterocycles. The summed E-state index contributed by atoms with van der Waals surface area (Å²) in [4.78, 5) is 19.7. The van der Waals surface area contributed by atoms with E-state index in [2.05, 4.69) is 56.6 Å². The topological polar surface area (TPSA) is 51.7 Å². The average molecular weight is 425 g/mol. The molecule has 1 atom stereocenters. The Balaban J connectivity index is 1.79. The van der Waals surface area contributed by atoms with E-state index in [0.717, 1.165) is 35.9 Å². The van der Waals surface area contributed by atoms with Crippen LogP contribution in [0.1, 0.15) is 69.6 Å². The van der Waals surface area contributed by atoms with Gasteiger partial charge in [0.05, 0.1) is 13.2 Å². The number of aryl methyl sites for hydroxylation is 1. The van der Waals surface area contributed by atoms with Crippen LogP contribution in [0.2, 0.25) is 0 Å². The number of carbonyl (C=O) groups is 1. The Labute approximate surface area is 186 Å². The number of hydrogen-bond acceptors (Lipinski definition) is 4. The van der Waals surface area contributed by atoms with Gasteiger partial charge in [-0.1, -0.05) is 40.7 Å². The Hall–Kier alpha value is -2.56. The first-order valence-corrected chi connectivity index (χ1v) is 11.1. The molecular formula is C26H36N2O3. The van der Waals surface area contributed by atoms with Crippen LogP contribution in [0.4, 0.5) is 0 Å². The van der Waals surface area contributed by atoms with Gasteiger partial charge < -0.3 is 14.4 Å². The molecule has 0 bridgehead atoms. The second kappa shape index (κ2) is 9.29. The number of methoxy groups -OCH3 is 1. The highest BCUT2D eigenvalue weighted by atomic mass is 16.5. The summed E-state index contributed by atoms with van der Waals surface area (Å²) < 4.78 is 11.5. The molecule has 2 heterocycles. The van der Waals surface area contributed by atoms with Gasteiger partial charge in [0.2, 0.25) is 5.91 Å². The van der Waals surface area contributed by atoms with E-state index < -0.39 is 0 Å². The van der Waals surface area contributed by atoms with Crippen molar-refractivity contribution in [2.24, 2.45) is 11.3 Å². The van der Waals surface area contributed by atoms with Gasteiger partial charge in [0.1, 0.15) is 23.8 Å². The largest absolute Gasteiger partial charge is 0.495 e. The summed E-state index contributed by atoms with van der Waals surface area (Å²) in [5, 5.41) is 0. The standard InChI is InChI=1S/C26H36N2O3/c1-17(2)25-21-10-9-20(31-16-22-23(30-7)11-8-18(3)27-22)14-19(21)12-13-28(25)24(29)15-26(4,5)6/h8-11,14,17,25H,12-13,15-16H2,1-7H3/t25-/m1/s1. The molecule has 3 rings (SSSR count). The van der Waals surface area contributed by atoms with Gasteiger partial charge in [-0.15, -0.1) is 0 Å². The predicted molar refractivity (Wildman–Crippen MR) is 123 cm³/mol. The number of aromatic nitrogens is 1. The van der Waals surface area contributed by atoms with Crippen LogP contribution in [0.25, 0.3) is 0 Å². The third-order valence-corrected chi connectivity index (χ3v) is 5.69. The highest BCUT2D eigenvalue weighted by Crippen LogP contribution is 2.38. The lowest BCUT2D eigenvalue weighted by atomic mass is 9.84. The average Bonchev–Trinajstić information content (AvgIpc) is 2.69. The van der Waals surface area contributed by atoms with Gasteiger partial charge in [0.25, 0.3) is 0 Å². The van der Waals surface area contributed by atoms with Gasteiger partial charge >= 0.3 is 0 Å². The normalized spacial score (nSPS) is 16.3. The van der Waals surface area contributed by atoms with Crippen molar-refractivity contribution in [3.8, 4) is 11.5 Å². The summed E-state index contributed by atoms with van der Waals surface area (Å²) in [5.41, 5.74) is 4.22. The summed E-state index contributed by atoms with van der Waals surface area (Å²) in [5.74, 6) is 2.14. The van der Waals surface area contributed by atoms with Crippen molar-refractivity contribution >= 4 is 5.91 Å². The summed E-state index contributed by atoms with van der Waals surface area (Å²) in [6.07, 6.45) is 1.41. The van der Waals surface area contributed by atoms with E-state index in [1.165, 1.54) is 11.1 Å². The zero-order chi connectivity index (χ0) is 22.8. The monoisotopic (exact) mass is 424 g/mol. The summed E-state index contributed by atoms with van der Waals surface area (Å²) in [6.45, 7) is 13.8. The number of benzene rings is 1. The predicted octanol–water partition coefficient (Wildman–Crippen LogP) is 5.50. The van der Waals surface area contributed by atoms with E-state index in [1.807, 2.05) is 25.1 Å². The second-order valence-corrected chi connectivity index (χ2v) is 10.0. The molecule has 2 aromatic rings. The quantitative estimate of drug-likeness (QED) is 0.615. The molecule has 0 spiro atoms. The van der Waals surface area contributed by atoms with E-state index in [0.29, 0.717) is 18.9 Å². The summed E-state index contributed by atoms with van der Waals surface area (Å²) >= 11 is 0. The molecule has 0 aliphatic carbocycles. The molecular weight excluding hydrogens is 388 g/mol. The Morgan fingerprint density at radius 2 is 1.97 bits per heavy atom. The number of nitrogens with zero attached hydrogens (tertiary/aromatic N) is 2. The summed E-state index contributed by atoms with van der Waals surface area (Å²) in [6, 6.07) is 10.2. The van der Waals surface area contributed by atoms with Crippen molar-refractivity contribution in [1.82, 2.24) is 9.88 Å². The van der Waals surface area contributed by atoms with Crippen molar-refractivity contribution in [3.63, 3.8) is 0 Å². The minimum Gasteiger partial charge on any atom is -0.495 e. The lowest BCUT2D eigenvalue weighted by Gasteiger charge is -2.41. The molecule has 0 N–H and O–H groups in total. The molecule has 1 amide bonds. The number of hydrogen-bond donors (Lipinski definition) is 0. The maximum absolute atomic E-state index is 13.0. The molecule has 0 saturated heterocycles. The Kier molecular flexibility index (Phi) is 6.93. The molecule has 168 valence electrons. The number of pyridine rings is 1. The van der Waals surface area contributed by atoms with Crippen molar-refractivity contribution in [3.05, 3.63) is 52.8 Å². The smallest absolute Gasteiger partial charge is 0.223 e. The number of ether oxygens (including phenoxy) is 2. The number of rotatable bonds is 6. The van der Waals surface area contributed by atoms with Crippen molar-refractivity contribution in [1.29, 1.82) is 0 Å². The van der Waals surface area contributed by atoms with Crippen LogP contribution in [-0.2, 0) is 17.8 Å². The molecule has 1 aromatic heterocycles. The molecule has 0 radical (unpaired) electrons. The van der Waals surface area contributed by atoms with Crippen LogP contribution in [0.5, 0.6) is 11.5 Å². The minimum atomic E-state index is -0.0124. The Morgan fingerprint density at radius 3 is 2.61 bits per heavy atom. The van der Waals surface area contributed by atoms with Crippen LogP contribution in [-0.4, -0.2) is 29.4 Å². The van der Waals surface area contributed by atoms with Crippen molar-refractivity contribution in [2.45, 2.75) is 67.0 Å². The first-order valence-electron chi connectivity index (χ1n) is 11.1. The molecule has 0 unspecified atom stereocenters. The summed E-state index contributed by atoms with van der Waals surface area (Å²) in [7, 11) is 1.65. The highest BCUT2D eigenvalue weighted by molar-refractivity contribution is 5.78. The number of fused-ring (bicyclic) bond motifs is 1. The number of amides is 1. The van der Waals surface area contributed by atoms with Crippen LogP contribution >= 0.6 is 0 Å². The van der Waals surface area contributed by atoms with E-state index >= 15 is 0 Å². The molecule has 5 heteroatoms. The highest BCUT2D eigenvalue weighted by Gasteiger charge is 2.34. The van der Waals surface area contributed by atoms with Crippen LogP contribution < -0.4 is 9.47 Å². The fourth-order valence-electron chi connectivity index (χ4n) is 4.32. The molecule has 1 aromatic carbocycles. The maximum Gasteiger partial charge on any atom is 0.223 e. The van der Waals surface area contributed by atoms with Gasteiger partial charge in [-0.25, -0.2) is 0 Å². The van der Waals surface area contributed by atoms with E-state index in [1.54, 1.807) is 7.11 Å². The van der Waals surface area contributed by atoms with E-state index in [9.17, 15) is 4.79 Å². The third-order valence-electron chi connectivity index (χ3n) is 5.69. The maximum atomic E-state index is 13.0. The first-order chi connectivity index (χ1) is 14.6. The van der Waals surface area contributed by atoms with Crippen LogP contribution in [0, 0.1) is 18.3 Å². The van der Waals surface area contributed by atoms with Gasteiger partial charge in [0.15, 0.2) is 0 Å². The minimum absolute atomic E-state index is 0.0124. The first kappa shape index (κ1) is 23.1. The number of carbonyl (C=O) groups excluding carboxylic acids is 1. The lowest BCUT2D eigenvalue weighted by Crippen LogP contribution is -2.43.